The molecule has 1 aliphatic carbocycles. The predicted octanol–water partition coefficient (Wildman–Crippen LogP) is 1.18. The summed E-state index contributed by atoms with van der Waals surface area (Å²) in [6, 6.07) is 0. The molecule has 0 fully saturated rings. The van der Waals surface area contributed by atoms with E-state index in [2.05, 4.69) is 0 Å². The highest BCUT2D eigenvalue weighted by atomic mass is 16.4. The van der Waals surface area contributed by atoms with Gasteiger partial charge in [-0.15, -0.1) is 0 Å². The lowest BCUT2D eigenvalue weighted by Crippen LogP contribution is -2.26. The molecule has 0 aliphatic heterocycles. The van der Waals surface area contributed by atoms with Gasteiger partial charge in [-0.3, -0.25) is 4.79 Å². The lowest BCUT2D eigenvalue weighted by molar-refractivity contribution is -0.137. The van der Waals surface area contributed by atoms with Crippen LogP contribution in [0.25, 0.3) is 0 Å². The first-order chi connectivity index (χ1) is 5.49. The van der Waals surface area contributed by atoms with Crippen LogP contribution in [0.15, 0.2) is 12.2 Å². The van der Waals surface area contributed by atoms with Gasteiger partial charge >= 0.3 is 5.97 Å². The van der Waals surface area contributed by atoms with E-state index in [-0.39, 0.29) is 12.3 Å². The molecule has 0 aromatic heterocycles. The second kappa shape index (κ2) is 3.27. The summed E-state index contributed by atoms with van der Waals surface area (Å²) >= 11 is 0. The first kappa shape index (κ1) is 9.26. The van der Waals surface area contributed by atoms with Crippen LogP contribution in [0.5, 0.6) is 0 Å². The second-order valence-electron chi connectivity index (χ2n) is 3.61. The van der Waals surface area contributed by atoms with Crippen molar-refractivity contribution in [1.82, 2.24) is 0 Å². The van der Waals surface area contributed by atoms with Crippen molar-refractivity contribution in [2.45, 2.75) is 31.8 Å². The number of allylic oxidation sites excluding steroid dienone is 1. The Hall–Kier alpha value is -0.830. The van der Waals surface area contributed by atoms with E-state index in [9.17, 15) is 9.90 Å². The molecule has 2 N–H and O–H groups in total. The van der Waals surface area contributed by atoms with Gasteiger partial charge < -0.3 is 10.2 Å². The summed E-state index contributed by atoms with van der Waals surface area (Å²) < 4.78 is 0. The van der Waals surface area contributed by atoms with Crippen molar-refractivity contribution in [1.29, 1.82) is 0 Å². The standard InChI is InChI=1S/C9H14O3/c1-9(12)4-2-7(3-5-9)6-8(10)11/h2,4,7,12H,3,5-6H2,1H3,(H,10,11)/t7-,9?/m1/s1. The van der Waals surface area contributed by atoms with E-state index in [1.54, 1.807) is 19.1 Å². The Kier molecular flexibility index (Phi) is 2.52. The van der Waals surface area contributed by atoms with E-state index in [0.29, 0.717) is 6.42 Å². The van der Waals surface area contributed by atoms with Crippen molar-refractivity contribution in [2.24, 2.45) is 5.92 Å². The minimum Gasteiger partial charge on any atom is -0.481 e. The number of carboxylic acid groups (broad SMARTS) is 1. The smallest absolute Gasteiger partial charge is 0.303 e. The number of aliphatic hydroxyl groups is 1. The molecule has 0 saturated carbocycles. The molecule has 1 aliphatic rings. The van der Waals surface area contributed by atoms with Crippen LogP contribution in [-0.2, 0) is 4.79 Å². The monoisotopic (exact) mass is 170 g/mol. The third-order valence-electron chi connectivity index (χ3n) is 2.19. The number of aliphatic carboxylic acids is 1. The third-order valence-corrected chi connectivity index (χ3v) is 2.19. The van der Waals surface area contributed by atoms with Crippen molar-refractivity contribution < 1.29 is 15.0 Å². The van der Waals surface area contributed by atoms with E-state index in [0.717, 1.165) is 6.42 Å². The minimum atomic E-state index is -0.772. The summed E-state index contributed by atoms with van der Waals surface area (Å²) in [4.78, 5) is 10.3. The van der Waals surface area contributed by atoms with Gasteiger partial charge in [-0.25, -0.2) is 0 Å². The van der Waals surface area contributed by atoms with Gasteiger partial charge in [-0.1, -0.05) is 12.2 Å². The van der Waals surface area contributed by atoms with Gasteiger partial charge in [0.05, 0.1) is 12.0 Å². The quantitative estimate of drug-likeness (QED) is 0.612. The SMILES string of the molecule is CC1(O)C=C[C@@H](CC(=O)O)CC1. The first-order valence-corrected chi connectivity index (χ1v) is 4.13. The zero-order valence-electron chi connectivity index (χ0n) is 7.16. The molecule has 0 amide bonds. The average Bonchev–Trinajstić information content (AvgIpc) is 1.93. The minimum absolute atomic E-state index is 0.0997. The zero-order valence-corrected chi connectivity index (χ0v) is 7.16. The average molecular weight is 170 g/mol. The van der Waals surface area contributed by atoms with Crippen LogP contribution in [0.1, 0.15) is 26.2 Å². The van der Waals surface area contributed by atoms with Gasteiger partial charge in [-0.05, 0) is 25.7 Å². The normalized spacial score (nSPS) is 35.0. The molecule has 0 aromatic carbocycles. The molecule has 1 unspecified atom stereocenters. The zero-order chi connectivity index (χ0) is 9.19. The van der Waals surface area contributed by atoms with Gasteiger partial charge in [0.2, 0.25) is 0 Å². The summed E-state index contributed by atoms with van der Waals surface area (Å²) in [5.74, 6) is -0.672. The molecule has 2 atom stereocenters. The fourth-order valence-corrected chi connectivity index (χ4v) is 1.39. The molecule has 12 heavy (non-hydrogen) atoms. The van der Waals surface area contributed by atoms with E-state index in [1.807, 2.05) is 0 Å². The molecule has 3 nitrogen and oxygen atoms in total. The molecule has 1 rings (SSSR count). The Morgan fingerprint density at radius 2 is 2.42 bits per heavy atom. The predicted molar refractivity (Wildman–Crippen MR) is 44.7 cm³/mol. The maximum absolute atomic E-state index is 10.3. The van der Waals surface area contributed by atoms with Crippen LogP contribution < -0.4 is 0 Å². The molecular weight excluding hydrogens is 156 g/mol. The number of hydrogen-bond acceptors (Lipinski definition) is 2. The largest absolute Gasteiger partial charge is 0.481 e. The Bertz CT molecular complexity index is 206. The first-order valence-electron chi connectivity index (χ1n) is 4.13. The van der Waals surface area contributed by atoms with E-state index >= 15 is 0 Å². The molecule has 3 heteroatoms. The van der Waals surface area contributed by atoms with Crippen LogP contribution in [0.4, 0.5) is 0 Å². The number of carbonyl (C=O) groups is 1. The summed E-state index contributed by atoms with van der Waals surface area (Å²) in [6.45, 7) is 1.74. The Balaban J connectivity index is 2.48. The summed E-state index contributed by atoms with van der Waals surface area (Å²) in [6.07, 6.45) is 5.09. The maximum atomic E-state index is 10.3. The number of carboxylic acids is 1. The Morgan fingerprint density at radius 1 is 1.75 bits per heavy atom. The fourth-order valence-electron chi connectivity index (χ4n) is 1.39. The van der Waals surface area contributed by atoms with Gasteiger partial charge in [0.25, 0.3) is 0 Å². The van der Waals surface area contributed by atoms with Crippen LogP contribution in [-0.4, -0.2) is 21.8 Å². The Morgan fingerprint density at radius 3 is 2.83 bits per heavy atom. The van der Waals surface area contributed by atoms with Crippen molar-refractivity contribution in [3.05, 3.63) is 12.2 Å². The van der Waals surface area contributed by atoms with Crippen molar-refractivity contribution >= 4 is 5.97 Å². The van der Waals surface area contributed by atoms with Gasteiger partial charge in [-0.2, -0.15) is 0 Å². The lowest BCUT2D eigenvalue weighted by Gasteiger charge is -2.26. The van der Waals surface area contributed by atoms with E-state index in [4.69, 9.17) is 5.11 Å². The second-order valence-corrected chi connectivity index (χ2v) is 3.61. The van der Waals surface area contributed by atoms with Crippen molar-refractivity contribution in [2.75, 3.05) is 0 Å². The molecular formula is C9H14O3. The fraction of sp³-hybridized carbons (Fsp3) is 0.667. The van der Waals surface area contributed by atoms with Crippen LogP contribution in [0.2, 0.25) is 0 Å². The van der Waals surface area contributed by atoms with Crippen molar-refractivity contribution in [3.63, 3.8) is 0 Å². The molecule has 0 spiro atoms. The van der Waals surface area contributed by atoms with E-state index < -0.39 is 11.6 Å². The lowest BCUT2D eigenvalue weighted by atomic mass is 9.85. The van der Waals surface area contributed by atoms with Crippen LogP contribution in [0, 0.1) is 5.92 Å². The molecule has 68 valence electrons. The Labute approximate surface area is 71.7 Å². The summed E-state index contributed by atoms with van der Waals surface area (Å²) in [7, 11) is 0. The third kappa shape index (κ3) is 2.66. The van der Waals surface area contributed by atoms with Crippen molar-refractivity contribution in [3.8, 4) is 0 Å². The van der Waals surface area contributed by atoms with Crippen LogP contribution in [0.3, 0.4) is 0 Å². The summed E-state index contributed by atoms with van der Waals surface area (Å²) in [5, 5.41) is 18.0. The van der Waals surface area contributed by atoms with E-state index in [1.165, 1.54) is 0 Å². The topological polar surface area (TPSA) is 57.5 Å². The molecule has 0 saturated heterocycles. The highest BCUT2D eigenvalue weighted by Gasteiger charge is 2.24. The molecule has 0 aromatic rings. The molecule has 0 radical (unpaired) electrons. The van der Waals surface area contributed by atoms with Gasteiger partial charge in [0.1, 0.15) is 0 Å². The van der Waals surface area contributed by atoms with Crippen LogP contribution >= 0.6 is 0 Å². The van der Waals surface area contributed by atoms with Gasteiger partial charge in [0, 0.05) is 0 Å². The number of hydrogen-bond donors (Lipinski definition) is 2. The van der Waals surface area contributed by atoms with Gasteiger partial charge in [0.15, 0.2) is 0 Å². The molecule has 0 heterocycles. The highest BCUT2D eigenvalue weighted by Crippen LogP contribution is 2.26. The number of rotatable bonds is 2. The highest BCUT2D eigenvalue weighted by molar-refractivity contribution is 5.67. The maximum Gasteiger partial charge on any atom is 0.303 e. The molecule has 0 bridgehead atoms. The summed E-state index contributed by atoms with van der Waals surface area (Å²) in [5.41, 5.74) is -0.727.